The van der Waals surface area contributed by atoms with Crippen LogP contribution in [0.2, 0.25) is 0 Å². The molecule has 1 amide bonds. The second kappa shape index (κ2) is 6.00. The van der Waals surface area contributed by atoms with Gasteiger partial charge in [0.05, 0.1) is 0 Å². The number of rotatable bonds is 3. The summed E-state index contributed by atoms with van der Waals surface area (Å²) < 4.78 is 12.8. The lowest BCUT2D eigenvalue weighted by Crippen LogP contribution is -2.53. The van der Waals surface area contributed by atoms with Crippen LogP contribution in [0.1, 0.15) is 17.3 Å². The van der Waals surface area contributed by atoms with Crippen LogP contribution in [0.15, 0.2) is 24.3 Å². The molecule has 1 aliphatic rings. The minimum Gasteiger partial charge on any atom is -0.480 e. The monoisotopic (exact) mass is 280 g/mol. The zero-order chi connectivity index (χ0) is 14.7. The molecule has 0 radical (unpaired) electrons. The molecule has 0 bridgehead atoms. The molecule has 1 heterocycles. The summed E-state index contributed by atoms with van der Waals surface area (Å²) in [6.45, 7) is 3.66. The molecule has 1 N–H and O–H groups in total. The number of hydrogen-bond acceptors (Lipinski definition) is 3. The predicted octanol–water partition coefficient (Wildman–Crippen LogP) is 1.06. The number of carboxylic acids is 1. The molecular formula is C14H17FN2O3. The van der Waals surface area contributed by atoms with Gasteiger partial charge in [0.25, 0.3) is 5.91 Å². The Morgan fingerprint density at radius 3 is 2.20 bits per heavy atom. The van der Waals surface area contributed by atoms with E-state index in [0.717, 1.165) is 0 Å². The Morgan fingerprint density at radius 1 is 1.15 bits per heavy atom. The Balaban J connectivity index is 1.95. The highest BCUT2D eigenvalue weighted by Gasteiger charge is 2.27. The number of carboxylic acid groups (broad SMARTS) is 1. The molecular weight excluding hydrogens is 263 g/mol. The van der Waals surface area contributed by atoms with Crippen molar-refractivity contribution in [3.63, 3.8) is 0 Å². The maximum Gasteiger partial charge on any atom is 0.320 e. The zero-order valence-electron chi connectivity index (χ0n) is 11.3. The third-order valence-electron chi connectivity index (χ3n) is 3.60. The molecule has 6 heteroatoms. The first-order valence-corrected chi connectivity index (χ1v) is 6.50. The van der Waals surface area contributed by atoms with Crippen LogP contribution in [-0.2, 0) is 4.79 Å². The lowest BCUT2D eigenvalue weighted by molar-refractivity contribution is -0.143. The predicted molar refractivity (Wildman–Crippen MR) is 71.0 cm³/mol. The van der Waals surface area contributed by atoms with Gasteiger partial charge >= 0.3 is 5.97 Å². The third-order valence-corrected chi connectivity index (χ3v) is 3.60. The number of piperazine rings is 1. The molecule has 1 atom stereocenters. The fourth-order valence-corrected chi connectivity index (χ4v) is 2.24. The Kier molecular flexibility index (Phi) is 4.34. The Morgan fingerprint density at radius 2 is 1.70 bits per heavy atom. The van der Waals surface area contributed by atoms with Gasteiger partial charge in [0.2, 0.25) is 0 Å². The molecule has 1 aliphatic heterocycles. The summed E-state index contributed by atoms with van der Waals surface area (Å²) in [5.74, 6) is -1.38. The lowest BCUT2D eigenvalue weighted by Gasteiger charge is -2.36. The molecule has 0 aromatic heterocycles. The topological polar surface area (TPSA) is 60.9 Å². The summed E-state index contributed by atoms with van der Waals surface area (Å²) in [6.07, 6.45) is 0. The molecule has 0 unspecified atom stereocenters. The van der Waals surface area contributed by atoms with Gasteiger partial charge in [0.1, 0.15) is 11.9 Å². The van der Waals surface area contributed by atoms with Gasteiger partial charge in [-0.3, -0.25) is 14.5 Å². The summed E-state index contributed by atoms with van der Waals surface area (Å²) in [5, 5.41) is 8.96. The Labute approximate surface area is 116 Å². The van der Waals surface area contributed by atoms with Crippen molar-refractivity contribution in [2.24, 2.45) is 0 Å². The molecule has 20 heavy (non-hydrogen) atoms. The first-order valence-electron chi connectivity index (χ1n) is 6.50. The van der Waals surface area contributed by atoms with Crippen LogP contribution in [0, 0.1) is 5.82 Å². The van der Waals surface area contributed by atoms with Gasteiger partial charge in [-0.25, -0.2) is 4.39 Å². The number of aliphatic carboxylic acids is 1. The van der Waals surface area contributed by atoms with Crippen molar-refractivity contribution < 1.29 is 19.1 Å². The minimum atomic E-state index is -0.858. The van der Waals surface area contributed by atoms with Gasteiger partial charge in [0, 0.05) is 31.7 Å². The third kappa shape index (κ3) is 3.14. The molecule has 0 aliphatic carbocycles. The molecule has 1 fully saturated rings. The van der Waals surface area contributed by atoms with E-state index in [-0.39, 0.29) is 11.7 Å². The molecule has 0 spiro atoms. The quantitative estimate of drug-likeness (QED) is 0.899. The molecule has 1 saturated heterocycles. The van der Waals surface area contributed by atoms with E-state index >= 15 is 0 Å². The van der Waals surface area contributed by atoms with Gasteiger partial charge in [-0.05, 0) is 31.2 Å². The molecule has 0 saturated carbocycles. The summed E-state index contributed by atoms with van der Waals surface area (Å²) in [7, 11) is 0. The van der Waals surface area contributed by atoms with Crippen LogP contribution in [0.25, 0.3) is 0 Å². The van der Waals surface area contributed by atoms with Gasteiger partial charge in [0.15, 0.2) is 0 Å². The second-order valence-corrected chi connectivity index (χ2v) is 4.85. The van der Waals surface area contributed by atoms with Crippen molar-refractivity contribution in [2.75, 3.05) is 26.2 Å². The number of amides is 1. The fraction of sp³-hybridized carbons (Fsp3) is 0.429. The number of benzene rings is 1. The number of carbonyl (C=O) groups excluding carboxylic acids is 1. The second-order valence-electron chi connectivity index (χ2n) is 4.85. The first kappa shape index (κ1) is 14.5. The van der Waals surface area contributed by atoms with E-state index in [1.165, 1.54) is 24.3 Å². The maximum absolute atomic E-state index is 12.8. The maximum atomic E-state index is 12.8. The van der Waals surface area contributed by atoms with Crippen LogP contribution in [0.3, 0.4) is 0 Å². The number of carbonyl (C=O) groups is 2. The Bertz CT molecular complexity index is 496. The lowest BCUT2D eigenvalue weighted by atomic mass is 10.1. The Hall–Kier alpha value is -1.95. The summed E-state index contributed by atoms with van der Waals surface area (Å²) in [6, 6.07) is 4.90. The molecule has 2 rings (SSSR count). The van der Waals surface area contributed by atoms with E-state index in [2.05, 4.69) is 0 Å². The van der Waals surface area contributed by atoms with Gasteiger partial charge in [-0.2, -0.15) is 0 Å². The largest absolute Gasteiger partial charge is 0.480 e. The first-order chi connectivity index (χ1) is 9.49. The van der Waals surface area contributed by atoms with Crippen molar-refractivity contribution >= 4 is 11.9 Å². The van der Waals surface area contributed by atoms with Gasteiger partial charge in [-0.15, -0.1) is 0 Å². The van der Waals surface area contributed by atoms with E-state index in [4.69, 9.17) is 5.11 Å². The summed E-state index contributed by atoms with van der Waals surface area (Å²) in [5.41, 5.74) is 0.450. The van der Waals surface area contributed by atoms with Crippen molar-refractivity contribution in [3.8, 4) is 0 Å². The van der Waals surface area contributed by atoms with Crippen molar-refractivity contribution in [1.29, 1.82) is 0 Å². The van der Waals surface area contributed by atoms with Crippen LogP contribution in [0.5, 0.6) is 0 Å². The van der Waals surface area contributed by atoms with Crippen LogP contribution < -0.4 is 0 Å². The number of hydrogen-bond donors (Lipinski definition) is 1. The van der Waals surface area contributed by atoms with E-state index in [1.54, 1.807) is 11.8 Å². The zero-order valence-corrected chi connectivity index (χ0v) is 11.3. The smallest absolute Gasteiger partial charge is 0.320 e. The highest BCUT2D eigenvalue weighted by molar-refractivity contribution is 5.94. The van der Waals surface area contributed by atoms with Gasteiger partial charge in [-0.1, -0.05) is 0 Å². The van der Waals surface area contributed by atoms with Crippen LogP contribution in [0.4, 0.5) is 4.39 Å². The van der Waals surface area contributed by atoms with Crippen LogP contribution >= 0.6 is 0 Å². The average Bonchev–Trinajstić information content (AvgIpc) is 2.46. The van der Waals surface area contributed by atoms with E-state index in [0.29, 0.717) is 31.7 Å². The molecule has 1 aromatic carbocycles. The van der Waals surface area contributed by atoms with Crippen molar-refractivity contribution in [1.82, 2.24) is 9.80 Å². The molecule has 108 valence electrons. The highest BCUT2D eigenvalue weighted by Crippen LogP contribution is 2.11. The van der Waals surface area contributed by atoms with E-state index in [1.807, 2.05) is 4.90 Å². The SMILES string of the molecule is C[C@H](C(=O)O)N1CCN(C(=O)c2ccc(F)cc2)CC1. The summed E-state index contributed by atoms with van der Waals surface area (Å²) in [4.78, 5) is 26.6. The summed E-state index contributed by atoms with van der Waals surface area (Å²) >= 11 is 0. The van der Waals surface area contributed by atoms with Crippen LogP contribution in [-0.4, -0.2) is 59.0 Å². The molecule has 1 aromatic rings. The average molecular weight is 280 g/mol. The van der Waals surface area contributed by atoms with Crippen molar-refractivity contribution in [2.45, 2.75) is 13.0 Å². The standard InChI is InChI=1S/C14H17FN2O3/c1-10(14(19)20)16-6-8-17(9-7-16)13(18)11-2-4-12(15)5-3-11/h2-5,10H,6-9H2,1H3,(H,19,20)/t10-/m1/s1. The number of nitrogens with zero attached hydrogens (tertiary/aromatic N) is 2. The minimum absolute atomic E-state index is 0.146. The van der Waals surface area contributed by atoms with E-state index < -0.39 is 12.0 Å². The molecule has 5 nitrogen and oxygen atoms in total. The van der Waals surface area contributed by atoms with Crippen molar-refractivity contribution in [3.05, 3.63) is 35.6 Å². The number of halogens is 1. The highest BCUT2D eigenvalue weighted by atomic mass is 19.1. The van der Waals surface area contributed by atoms with E-state index in [9.17, 15) is 14.0 Å². The fourth-order valence-electron chi connectivity index (χ4n) is 2.24. The normalized spacial score (nSPS) is 17.8. The van der Waals surface area contributed by atoms with Gasteiger partial charge < -0.3 is 10.0 Å².